The highest BCUT2D eigenvalue weighted by Crippen LogP contribution is 2.44. The number of hydrogen-bond donors (Lipinski definition) is 0. The number of esters is 1. The minimum Gasteiger partial charge on any atom is -0.460 e. The van der Waals surface area contributed by atoms with Gasteiger partial charge in [-0.25, -0.2) is 0 Å². The maximum atomic E-state index is 12.3. The van der Waals surface area contributed by atoms with Crippen LogP contribution in [0.4, 0.5) is 0 Å². The van der Waals surface area contributed by atoms with E-state index in [-0.39, 0.29) is 35.4 Å². The van der Waals surface area contributed by atoms with Gasteiger partial charge in [-0.1, -0.05) is 17.7 Å². The van der Waals surface area contributed by atoms with Gasteiger partial charge in [0.2, 0.25) is 0 Å². The highest BCUT2D eigenvalue weighted by molar-refractivity contribution is 7.86. The largest absolute Gasteiger partial charge is 0.460 e. The van der Waals surface area contributed by atoms with E-state index in [0.717, 1.165) is 18.4 Å². The van der Waals surface area contributed by atoms with Crippen LogP contribution in [0.15, 0.2) is 29.2 Å². The molecule has 1 aromatic carbocycles. The van der Waals surface area contributed by atoms with E-state index in [1.165, 1.54) is 0 Å². The monoisotopic (exact) mass is 412 g/mol. The Labute approximate surface area is 168 Å². The number of methoxy groups -OCH3 is 1. The third kappa shape index (κ3) is 7.18. The number of benzene rings is 1. The Bertz CT molecular complexity index is 748. The van der Waals surface area contributed by atoms with Crippen molar-refractivity contribution in [1.29, 1.82) is 0 Å². The Hall–Kier alpha value is -1.44. The predicted octanol–water partition coefficient (Wildman–Crippen LogP) is 3.86. The van der Waals surface area contributed by atoms with Crippen LogP contribution in [0.3, 0.4) is 0 Å². The van der Waals surface area contributed by atoms with Crippen molar-refractivity contribution in [3.63, 3.8) is 0 Å². The summed E-state index contributed by atoms with van der Waals surface area (Å²) in [5.74, 6) is 0.214. The van der Waals surface area contributed by atoms with E-state index in [0.29, 0.717) is 12.8 Å². The van der Waals surface area contributed by atoms with Crippen LogP contribution < -0.4 is 0 Å². The van der Waals surface area contributed by atoms with Crippen LogP contribution in [0.5, 0.6) is 0 Å². The fourth-order valence-corrected chi connectivity index (χ4v) is 4.17. The fraction of sp³-hybridized carbons (Fsp3) is 0.667. The van der Waals surface area contributed by atoms with Gasteiger partial charge in [-0.05, 0) is 70.9 Å². The van der Waals surface area contributed by atoms with Crippen molar-refractivity contribution in [3.8, 4) is 0 Å². The standard InChI is InChI=1S/C21H32O6S/c1-15-9-11-17(12-10-15)28(23,24)26-14-16-13-18(16)19(25-5)7-6-8-20(22)27-21(2,3)4/h9-12,16,18-19H,6-8,13-14H2,1-5H3/t16-,18+,19+/m0/s1. The van der Waals surface area contributed by atoms with Crippen molar-refractivity contribution >= 4 is 16.1 Å². The third-order valence-electron chi connectivity index (χ3n) is 4.79. The molecular formula is C21H32O6S. The van der Waals surface area contributed by atoms with E-state index in [1.807, 2.05) is 27.7 Å². The molecule has 0 unspecified atom stereocenters. The van der Waals surface area contributed by atoms with E-state index >= 15 is 0 Å². The Kier molecular flexibility index (Phi) is 7.65. The molecule has 1 fully saturated rings. The molecule has 2 rings (SSSR count). The normalized spacial score (nSPS) is 20.6. The zero-order valence-electron chi connectivity index (χ0n) is 17.4. The van der Waals surface area contributed by atoms with E-state index in [1.54, 1.807) is 31.4 Å². The summed E-state index contributed by atoms with van der Waals surface area (Å²) in [6.45, 7) is 7.61. The van der Waals surface area contributed by atoms with E-state index in [4.69, 9.17) is 13.7 Å². The molecule has 1 saturated carbocycles. The Morgan fingerprint density at radius 2 is 1.86 bits per heavy atom. The van der Waals surface area contributed by atoms with Gasteiger partial charge >= 0.3 is 5.97 Å². The summed E-state index contributed by atoms with van der Waals surface area (Å²) < 4.78 is 40.7. The van der Waals surface area contributed by atoms with Crippen molar-refractivity contribution in [2.75, 3.05) is 13.7 Å². The Morgan fingerprint density at radius 1 is 1.21 bits per heavy atom. The lowest BCUT2D eigenvalue weighted by atomic mass is 10.1. The summed E-state index contributed by atoms with van der Waals surface area (Å²) >= 11 is 0. The van der Waals surface area contributed by atoms with Gasteiger partial charge in [0.25, 0.3) is 10.1 Å². The smallest absolute Gasteiger partial charge is 0.306 e. The molecule has 3 atom stereocenters. The zero-order chi connectivity index (χ0) is 20.9. The maximum absolute atomic E-state index is 12.3. The van der Waals surface area contributed by atoms with Crippen molar-refractivity contribution in [2.45, 2.75) is 70.0 Å². The number of aryl methyl sites for hydroxylation is 1. The van der Waals surface area contributed by atoms with Gasteiger partial charge in [0.1, 0.15) is 5.60 Å². The molecule has 28 heavy (non-hydrogen) atoms. The van der Waals surface area contributed by atoms with Gasteiger partial charge in [-0.2, -0.15) is 8.42 Å². The van der Waals surface area contributed by atoms with Gasteiger partial charge in [0, 0.05) is 13.5 Å². The molecule has 0 amide bonds. The number of rotatable bonds is 10. The molecule has 0 radical (unpaired) electrons. The molecule has 158 valence electrons. The van der Waals surface area contributed by atoms with Crippen molar-refractivity contribution in [1.82, 2.24) is 0 Å². The third-order valence-corrected chi connectivity index (χ3v) is 6.09. The molecular weight excluding hydrogens is 380 g/mol. The topological polar surface area (TPSA) is 78.9 Å². The van der Waals surface area contributed by atoms with Gasteiger partial charge in [-0.3, -0.25) is 8.98 Å². The van der Waals surface area contributed by atoms with Crippen LogP contribution in [-0.2, 0) is 28.6 Å². The van der Waals surface area contributed by atoms with E-state index < -0.39 is 15.7 Å². The summed E-state index contributed by atoms with van der Waals surface area (Å²) in [6, 6.07) is 6.62. The van der Waals surface area contributed by atoms with Gasteiger partial charge in [0.05, 0.1) is 17.6 Å². The quantitative estimate of drug-likeness (QED) is 0.429. The zero-order valence-corrected chi connectivity index (χ0v) is 18.3. The number of hydrogen-bond acceptors (Lipinski definition) is 6. The average Bonchev–Trinajstić information content (AvgIpc) is 3.35. The molecule has 0 aromatic heterocycles. The number of carbonyl (C=O) groups excluding carboxylic acids is 1. The van der Waals surface area contributed by atoms with Gasteiger partial charge < -0.3 is 9.47 Å². The van der Waals surface area contributed by atoms with E-state index in [2.05, 4.69) is 0 Å². The predicted molar refractivity (Wildman–Crippen MR) is 106 cm³/mol. The molecule has 1 aromatic rings. The summed E-state index contributed by atoms with van der Waals surface area (Å²) in [7, 11) is -2.09. The second kappa shape index (κ2) is 9.37. The minimum absolute atomic E-state index is 0.00174. The average molecular weight is 413 g/mol. The molecule has 6 nitrogen and oxygen atoms in total. The van der Waals surface area contributed by atoms with Gasteiger partial charge in [0.15, 0.2) is 0 Å². The number of ether oxygens (including phenoxy) is 2. The first kappa shape index (κ1) is 22.8. The summed E-state index contributed by atoms with van der Waals surface area (Å²) in [6.07, 6.45) is 2.64. The molecule has 7 heteroatoms. The molecule has 0 saturated heterocycles. The van der Waals surface area contributed by atoms with Gasteiger partial charge in [-0.15, -0.1) is 0 Å². The molecule has 1 aliphatic carbocycles. The fourth-order valence-electron chi connectivity index (χ4n) is 3.21. The van der Waals surface area contributed by atoms with Crippen LogP contribution in [0.2, 0.25) is 0 Å². The lowest BCUT2D eigenvalue weighted by Gasteiger charge is -2.20. The van der Waals surface area contributed by atoms with Crippen LogP contribution in [0.25, 0.3) is 0 Å². The summed E-state index contributed by atoms with van der Waals surface area (Å²) in [4.78, 5) is 12.0. The highest BCUT2D eigenvalue weighted by atomic mass is 32.2. The lowest BCUT2D eigenvalue weighted by molar-refractivity contribution is -0.155. The van der Waals surface area contributed by atoms with Crippen molar-refractivity contribution in [2.24, 2.45) is 11.8 Å². The molecule has 0 bridgehead atoms. The first-order valence-corrected chi connectivity index (χ1v) is 11.1. The minimum atomic E-state index is -3.74. The Morgan fingerprint density at radius 3 is 2.43 bits per heavy atom. The van der Waals surface area contributed by atoms with Crippen molar-refractivity contribution in [3.05, 3.63) is 29.8 Å². The van der Waals surface area contributed by atoms with E-state index in [9.17, 15) is 13.2 Å². The summed E-state index contributed by atoms with van der Waals surface area (Å²) in [5.41, 5.74) is 0.523. The van der Waals surface area contributed by atoms with Crippen molar-refractivity contribution < 1.29 is 26.9 Å². The van der Waals surface area contributed by atoms with Crippen LogP contribution in [-0.4, -0.2) is 39.8 Å². The first-order chi connectivity index (χ1) is 13.0. The van der Waals surface area contributed by atoms with Crippen LogP contribution in [0, 0.1) is 18.8 Å². The second-order valence-electron chi connectivity index (χ2n) is 8.46. The SMILES string of the molecule is CO[C@H](CCCC(=O)OC(C)(C)C)[C@@H]1C[C@H]1COS(=O)(=O)c1ccc(C)cc1. The molecule has 1 aliphatic rings. The van der Waals surface area contributed by atoms with Crippen LogP contribution >= 0.6 is 0 Å². The summed E-state index contributed by atoms with van der Waals surface area (Å²) in [5, 5.41) is 0. The molecule has 0 aliphatic heterocycles. The number of carbonyl (C=O) groups is 1. The first-order valence-electron chi connectivity index (χ1n) is 9.72. The molecule has 0 heterocycles. The Balaban J connectivity index is 1.75. The lowest BCUT2D eigenvalue weighted by Crippen LogP contribution is -2.24. The molecule has 0 N–H and O–H groups in total. The molecule has 0 spiro atoms. The van der Waals surface area contributed by atoms with Crippen LogP contribution in [0.1, 0.15) is 52.0 Å². The second-order valence-corrected chi connectivity index (χ2v) is 10.1. The highest BCUT2D eigenvalue weighted by Gasteiger charge is 2.44. The maximum Gasteiger partial charge on any atom is 0.306 e.